The normalized spacial score (nSPS) is 10.3. The molecular weight excluding hydrogens is 228 g/mol. The molecule has 0 N–H and O–H groups in total. The number of carbonyl (C=O) groups excluding carboxylic acids is 1. The Kier molecular flexibility index (Phi) is 3.77. The molecule has 0 atom stereocenters. The average Bonchev–Trinajstić information content (AvgIpc) is 2.81. The third kappa shape index (κ3) is 2.97. The maximum absolute atomic E-state index is 11.5. The molecule has 1 heterocycles. The zero-order valence-electron chi connectivity index (χ0n) is 10.6. The molecule has 2 aromatic rings. The van der Waals surface area contributed by atoms with Gasteiger partial charge in [-0.2, -0.15) is 0 Å². The SMILES string of the molecule is CCOC(=O)c1cn(Cc2ccc(C)cc2)cn1. The predicted octanol–water partition coefficient (Wildman–Crippen LogP) is 2.42. The van der Waals surface area contributed by atoms with Gasteiger partial charge in [0.1, 0.15) is 0 Å². The molecule has 0 amide bonds. The molecule has 1 aromatic carbocycles. The first-order valence-corrected chi connectivity index (χ1v) is 5.93. The van der Waals surface area contributed by atoms with Gasteiger partial charge in [0.15, 0.2) is 5.69 Å². The van der Waals surface area contributed by atoms with Gasteiger partial charge in [0.25, 0.3) is 0 Å². The summed E-state index contributed by atoms with van der Waals surface area (Å²) in [6.45, 7) is 4.90. The molecule has 2 rings (SSSR count). The number of hydrogen-bond acceptors (Lipinski definition) is 3. The fourth-order valence-electron chi connectivity index (χ4n) is 1.66. The Hall–Kier alpha value is -2.10. The number of aromatic nitrogens is 2. The molecular formula is C14H16N2O2. The highest BCUT2D eigenvalue weighted by Gasteiger charge is 2.09. The summed E-state index contributed by atoms with van der Waals surface area (Å²) in [6.07, 6.45) is 3.35. The minimum Gasteiger partial charge on any atom is -0.461 e. The van der Waals surface area contributed by atoms with Gasteiger partial charge in [-0.3, -0.25) is 0 Å². The number of nitrogens with zero attached hydrogens (tertiary/aromatic N) is 2. The second-order valence-electron chi connectivity index (χ2n) is 4.14. The number of hydrogen-bond donors (Lipinski definition) is 0. The highest BCUT2D eigenvalue weighted by atomic mass is 16.5. The molecule has 0 spiro atoms. The second kappa shape index (κ2) is 5.49. The first-order valence-electron chi connectivity index (χ1n) is 5.93. The molecule has 4 nitrogen and oxygen atoms in total. The summed E-state index contributed by atoms with van der Waals surface area (Å²) in [5, 5.41) is 0. The molecule has 18 heavy (non-hydrogen) atoms. The molecule has 1 aromatic heterocycles. The fraction of sp³-hybridized carbons (Fsp3) is 0.286. The molecule has 4 heteroatoms. The summed E-state index contributed by atoms with van der Waals surface area (Å²) in [7, 11) is 0. The monoisotopic (exact) mass is 244 g/mol. The van der Waals surface area contributed by atoms with Crippen molar-refractivity contribution in [1.29, 1.82) is 0 Å². The lowest BCUT2D eigenvalue weighted by atomic mass is 10.1. The topological polar surface area (TPSA) is 44.1 Å². The van der Waals surface area contributed by atoms with E-state index in [2.05, 4.69) is 36.2 Å². The van der Waals surface area contributed by atoms with Crippen LogP contribution in [0.1, 0.15) is 28.5 Å². The quantitative estimate of drug-likeness (QED) is 0.776. The van der Waals surface area contributed by atoms with Crippen LogP contribution in [0.2, 0.25) is 0 Å². The van der Waals surface area contributed by atoms with Gasteiger partial charge in [-0.25, -0.2) is 9.78 Å². The molecule has 0 aliphatic rings. The van der Waals surface area contributed by atoms with Crippen LogP contribution in [-0.4, -0.2) is 22.1 Å². The van der Waals surface area contributed by atoms with Gasteiger partial charge in [0, 0.05) is 12.7 Å². The van der Waals surface area contributed by atoms with E-state index >= 15 is 0 Å². The van der Waals surface area contributed by atoms with E-state index in [4.69, 9.17) is 4.74 Å². The third-order valence-corrected chi connectivity index (χ3v) is 2.60. The molecule has 94 valence electrons. The number of aryl methyl sites for hydroxylation is 1. The van der Waals surface area contributed by atoms with Crippen molar-refractivity contribution >= 4 is 5.97 Å². The van der Waals surface area contributed by atoms with Crippen LogP contribution in [0.25, 0.3) is 0 Å². The summed E-state index contributed by atoms with van der Waals surface area (Å²) in [4.78, 5) is 15.5. The molecule has 0 saturated heterocycles. The lowest BCUT2D eigenvalue weighted by molar-refractivity contribution is 0.0520. The largest absolute Gasteiger partial charge is 0.461 e. The number of carbonyl (C=O) groups is 1. The molecule has 0 saturated carbocycles. The van der Waals surface area contributed by atoms with Crippen LogP contribution >= 0.6 is 0 Å². The Labute approximate surface area is 106 Å². The Morgan fingerprint density at radius 1 is 1.33 bits per heavy atom. The van der Waals surface area contributed by atoms with Crippen molar-refractivity contribution in [2.45, 2.75) is 20.4 Å². The minimum atomic E-state index is -0.375. The van der Waals surface area contributed by atoms with E-state index in [1.165, 1.54) is 11.1 Å². The first-order chi connectivity index (χ1) is 8.69. The number of benzene rings is 1. The Morgan fingerprint density at radius 2 is 2.06 bits per heavy atom. The smallest absolute Gasteiger partial charge is 0.358 e. The van der Waals surface area contributed by atoms with Crippen LogP contribution in [0.15, 0.2) is 36.8 Å². The summed E-state index contributed by atoms with van der Waals surface area (Å²) in [5.41, 5.74) is 2.76. The first kappa shape index (κ1) is 12.4. The molecule has 0 fully saturated rings. The number of imidazole rings is 1. The lowest BCUT2D eigenvalue weighted by Gasteiger charge is -2.02. The third-order valence-electron chi connectivity index (χ3n) is 2.60. The van der Waals surface area contributed by atoms with Crippen molar-refractivity contribution in [3.8, 4) is 0 Å². The fourth-order valence-corrected chi connectivity index (χ4v) is 1.66. The van der Waals surface area contributed by atoms with Crippen LogP contribution in [-0.2, 0) is 11.3 Å². The zero-order valence-corrected chi connectivity index (χ0v) is 10.6. The van der Waals surface area contributed by atoms with E-state index in [0.717, 1.165) is 0 Å². The minimum absolute atomic E-state index is 0.351. The molecule has 0 radical (unpaired) electrons. The predicted molar refractivity (Wildman–Crippen MR) is 68.5 cm³/mol. The van der Waals surface area contributed by atoms with Crippen molar-refractivity contribution in [2.24, 2.45) is 0 Å². The van der Waals surface area contributed by atoms with Gasteiger partial charge in [-0.05, 0) is 19.4 Å². The van der Waals surface area contributed by atoms with E-state index in [1.54, 1.807) is 19.4 Å². The van der Waals surface area contributed by atoms with Crippen LogP contribution in [0.5, 0.6) is 0 Å². The van der Waals surface area contributed by atoms with Crippen molar-refractivity contribution in [2.75, 3.05) is 6.61 Å². The molecule has 0 bridgehead atoms. The number of rotatable bonds is 4. The van der Waals surface area contributed by atoms with Crippen LogP contribution in [0, 0.1) is 6.92 Å². The summed E-state index contributed by atoms with van der Waals surface area (Å²) >= 11 is 0. The molecule has 0 aliphatic carbocycles. The van der Waals surface area contributed by atoms with Crippen molar-refractivity contribution in [1.82, 2.24) is 9.55 Å². The summed E-state index contributed by atoms with van der Waals surface area (Å²) in [6, 6.07) is 8.27. The highest BCUT2D eigenvalue weighted by molar-refractivity contribution is 5.86. The van der Waals surface area contributed by atoms with E-state index < -0.39 is 0 Å². The van der Waals surface area contributed by atoms with Gasteiger partial charge in [-0.15, -0.1) is 0 Å². The summed E-state index contributed by atoms with van der Waals surface area (Å²) < 4.78 is 6.76. The Bertz CT molecular complexity index is 529. The molecule has 0 unspecified atom stereocenters. The van der Waals surface area contributed by atoms with E-state index in [1.807, 2.05) is 4.57 Å². The Balaban J connectivity index is 2.06. The summed E-state index contributed by atoms with van der Waals surface area (Å²) in [5.74, 6) is -0.375. The van der Waals surface area contributed by atoms with Gasteiger partial charge >= 0.3 is 5.97 Å². The average molecular weight is 244 g/mol. The second-order valence-corrected chi connectivity index (χ2v) is 4.14. The van der Waals surface area contributed by atoms with Crippen LogP contribution in [0.3, 0.4) is 0 Å². The molecule has 0 aliphatic heterocycles. The van der Waals surface area contributed by atoms with Crippen molar-refractivity contribution in [3.63, 3.8) is 0 Å². The standard InChI is InChI=1S/C14H16N2O2/c1-3-18-14(17)13-9-16(10-15-13)8-12-6-4-11(2)5-7-12/h4-7,9-10H,3,8H2,1-2H3. The number of ether oxygens (including phenoxy) is 1. The van der Waals surface area contributed by atoms with E-state index in [-0.39, 0.29) is 5.97 Å². The van der Waals surface area contributed by atoms with Crippen LogP contribution < -0.4 is 0 Å². The van der Waals surface area contributed by atoms with Crippen LogP contribution in [0.4, 0.5) is 0 Å². The van der Waals surface area contributed by atoms with Crippen molar-refractivity contribution < 1.29 is 9.53 Å². The maximum atomic E-state index is 11.5. The van der Waals surface area contributed by atoms with Gasteiger partial charge < -0.3 is 9.30 Å². The van der Waals surface area contributed by atoms with Gasteiger partial charge in [0.2, 0.25) is 0 Å². The lowest BCUT2D eigenvalue weighted by Crippen LogP contribution is -2.05. The van der Waals surface area contributed by atoms with Gasteiger partial charge in [-0.1, -0.05) is 29.8 Å². The van der Waals surface area contributed by atoms with E-state index in [0.29, 0.717) is 18.8 Å². The highest BCUT2D eigenvalue weighted by Crippen LogP contribution is 2.07. The maximum Gasteiger partial charge on any atom is 0.358 e. The number of esters is 1. The van der Waals surface area contributed by atoms with Gasteiger partial charge in [0.05, 0.1) is 12.9 Å². The zero-order chi connectivity index (χ0) is 13.0. The van der Waals surface area contributed by atoms with E-state index in [9.17, 15) is 4.79 Å². The van der Waals surface area contributed by atoms with Crippen molar-refractivity contribution in [3.05, 3.63) is 53.6 Å². The Morgan fingerprint density at radius 3 is 2.72 bits per heavy atom.